The first-order chi connectivity index (χ1) is 13.9. The number of benzene rings is 3. The van der Waals surface area contributed by atoms with Crippen molar-refractivity contribution in [2.75, 3.05) is 0 Å². The number of fused-ring (bicyclic) bond motifs is 2. The zero-order valence-electron chi connectivity index (χ0n) is 18.0. The summed E-state index contributed by atoms with van der Waals surface area (Å²) in [7, 11) is 0. The molecule has 0 amide bonds. The van der Waals surface area contributed by atoms with Crippen LogP contribution in [0.2, 0.25) is 0 Å². The van der Waals surface area contributed by atoms with Gasteiger partial charge in [0.05, 0.1) is 0 Å². The van der Waals surface area contributed by atoms with E-state index in [-0.39, 0.29) is 11.0 Å². The van der Waals surface area contributed by atoms with E-state index in [4.69, 9.17) is 5.73 Å². The second-order valence-corrected chi connectivity index (χ2v) is 8.76. The topological polar surface area (TPSA) is 26.0 Å². The molecule has 1 aliphatic carbocycles. The van der Waals surface area contributed by atoms with Crippen molar-refractivity contribution < 1.29 is 0 Å². The van der Waals surface area contributed by atoms with Gasteiger partial charge in [-0.15, -0.1) is 0 Å². The molecule has 0 aromatic heterocycles. The predicted octanol–water partition coefficient (Wildman–Crippen LogP) is 6.89. The molecule has 148 valence electrons. The van der Waals surface area contributed by atoms with E-state index in [1.54, 1.807) is 0 Å². The van der Waals surface area contributed by atoms with Crippen LogP contribution in [0.3, 0.4) is 0 Å². The largest absolute Gasteiger partial charge is 0.321 e. The minimum atomic E-state index is -0.247. The molecule has 1 nitrogen and oxygen atoms in total. The Hall–Kier alpha value is -2.64. The first-order valence-electron chi connectivity index (χ1n) is 10.7. The van der Waals surface area contributed by atoms with Crippen molar-refractivity contribution in [3.63, 3.8) is 0 Å². The lowest BCUT2D eigenvalue weighted by Gasteiger charge is -2.29. The van der Waals surface area contributed by atoms with Crippen LogP contribution < -0.4 is 5.73 Å². The van der Waals surface area contributed by atoms with E-state index in [2.05, 4.69) is 107 Å². The highest BCUT2D eigenvalue weighted by atomic mass is 14.7. The maximum Gasteiger partial charge on any atom is 0.0404 e. The highest BCUT2D eigenvalue weighted by Gasteiger charge is 2.31. The fourth-order valence-electron chi connectivity index (χ4n) is 4.71. The lowest BCUT2D eigenvalue weighted by atomic mass is 9.75. The van der Waals surface area contributed by atoms with E-state index in [9.17, 15) is 0 Å². The first kappa shape index (κ1) is 19.7. The van der Waals surface area contributed by atoms with E-state index in [0.29, 0.717) is 0 Å². The van der Waals surface area contributed by atoms with Crippen LogP contribution in [0.1, 0.15) is 73.9 Å². The molecule has 3 aromatic carbocycles. The fraction of sp³-hybridized carbons (Fsp3) is 0.286. The zero-order valence-corrected chi connectivity index (χ0v) is 18.0. The molecule has 0 fully saturated rings. The van der Waals surface area contributed by atoms with Crippen LogP contribution in [0.25, 0.3) is 11.6 Å². The molecule has 0 saturated carbocycles. The normalized spacial score (nSPS) is 15.1. The molecule has 2 N–H and O–H groups in total. The lowest BCUT2D eigenvalue weighted by molar-refractivity contribution is 0.413. The van der Waals surface area contributed by atoms with Crippen molar-refractivity contribution in [1.82, 2.24) is 0 Å². The van der Waals surface area contributed by atoms with Gasteiger partial charge in [-0.2, -0.15) is 0 Å². The molecule has 0 heterocycles. The second kappa shape index (κ2) is 7.31. The molecular formula is C28H31N. The number of nitrogens with two attached hydrogens (primary N) is 1. The highest BCUT2D eigenvalue weighted by molar-refractivity contribution is 5.95. The SMILES string of the molecule is CCC(N)(CC)c1ccc(C2=Cc3ccccc3C(C)(C)c3ccccc32)cc1. The number of rotatable bonds is 4. The lowest BCUT2D eigenvalue weighted by Crippen LogP contribution is -2.34. The van der Waals surface area contributed by atoms with E-state index in [1.807, 2.05) is 0 Å². The van der Waals surface area contributed by atoms with E-state index in [0.717, 1.165) is 12.8 Å². The quantitative estimate of drug-likeness (QED) is 0.523. The van der Waals surface area contributed by atoms with Crippen LogP contribution in [0.5, 0.6) is 0 Å². The summed E-state index contributed by atoms with van der Waals surface area (Å²) in [5.41, 5.74) is 15.4. The van der Waals surface area contributed by atoms with Gasteiger partial charge in [0.15, 0.2) is 0 Å². The van der Waals surface area contributed by atoms with Crippen molar-refractivity contribution in [3.8, 4) is 0 Å². The summed E-state index contributed by atoms with van der Waals surface area (Å²) < 4.78 is 0. The van der Waals surface area contributed by atoms with Crippen molar-refractivity contribution >= 4 is 11.6 Å². The van der Waals surface area contributed by atoms with Crippen LogP contribution in [-0.2, 0) is 11.0 Å². The van der Waals surface area contributed by atoms with Gasteiger partial charge in [0.1, 0.15) is 0 Å². The molecule has 0 atom stereocenters. The highest BCUT2D eigenvalue weighted by Crippen LogP contribution is 2.43. The summed E-state index contributed by atoms with van der Waals surface area (Å²) in [5, 5.41) is 0. The second-order valence-electron chi connectivity index (χ2n) is 8.76. The molecule has 4 rings (SSSR count). The summed E-state index contributed by atoms with van der Waals surface area (Å²) in [4.78, 5) is 0. The van der Waals surface area contributed by atoms with Crippen LogP contribution in [0, 0.1) is 0 Å². The van der Waals surface area contributed by atoms with Gasteiger partial charge in [0.25, 0.3) is 0 Å². The van der Waals surface area contributed by atoms with Gasteiger partial charge in [-0.25, -0.2) is 0 Å². The Balaban J connectivity index is 1.91. The van der Waals surface area contributed by atoms with E-state index >= 15 is 0 Å². The van der Waals surface area contributed by atoms with Crippen LogP contribution in [0.15, 0.2) is 72.8 Å². The van der Waals surface area contributed by atoms with E-state index in [1.165, 1.54) is 39.0 Å². The zero-order chi connectivity index (χ0) is 20.6. The average Bonchev–Trinajstić information content (AvgIpc) is 2.86. The maximum atomic E-state index is 6.63. The average molecular weight is 382 g/mol. The van der Waals surface area contributed by atoms with Crippen LogP contribution >= 0.6 is 0 Å². The Morgan fingerprint density at radius 2 is 1.34 bits per heavy atom. The van der Waals surface area contributed by atoms with Crippen molar-refractivity contribution in [2.24, 2.45) is 5.73 Å². The number of hydrogen-bond acceptors (Lipinski definition) is 1. The summed E-state index contributed by atoms with van der Waals surface area (Å²) in [6.45, 7) is 8.99. The Morgan fingerprint density at radius 3 is 2.00 bits per heavy atom. The van der Waals surface area contributed by atoms with Crippen molar-refractivity contribution in [2.45, 2.75) is 51.5 Å². The summed E-state index contributed by atoms with van der Waals surface area (Å²) >= 11 is 0. The Labute approximate surface area is 175 Å². The smallest absolute Gasteiger partial charge is 0.0404 e. The van der Waals surface area contributed by atoms with Crippen LogP contribution in [-0.4, -0.2) is 0 Å². The van der Waals surface area contributed by atoms with Gasteiger partial charge in [-0.05, 0) is 57.9 Å². The fourth-order valence-corrected chi connectivity index (χ4v) is 4.71. The molecule has 29 heavy (non-hydrogen) atoms. The molecule has 0 radical (unpaired) electrons. The monoisotopic (exact) mass is 381 g/mol. The summed E-state index contributed by atoms with van der Waals surface area (Å²) in [6, 6.07) is 26.5. The molecule has 1 heteroatoms. The molecule has 3 aromatic rings. The molecular weight excluding hydrogens is 350 g/mol. The predicted molar refractivity (Wildman–Crippen MR) is 125 cm³/mol. The third-order valence-electron chi connectivity index (χ3n) is 6.86. The first-order valence-corrected chi connectivity index (χ1v) is 10.7. The molecule has 0 aliphatic heterocycles. The van der Waals surface area contributed by atoms with Gasteiger partial charge in [0.2, 0.25) is 0 Å². The van der Waals surface area contributed by atoms with Gasteiger partial charge >= 0.3 is 0 Å². The third kappa shape index (κ3) is 3.24. The minimum Gasteiger partial charge on any atom is -0.321 e. The van der Waals surface area contributed by atoms with Gasteiger partial charge in [-0.3, -0.25) is 0 Å². The Morgan fingerprint density at radius 1 is 0.759 bits per heavy atom. The molecule has 0 spiro atoms. The van der Waals surface area contributed by atoms with Crippen molar-refractivity contribution in [1.29, 1.82) is 0 Å². The van der Waals surface area contributed by atoms with Gasteiger partial charge in [0, 0.05) is 11.0 Å². The van der Waals surface area contributed by atoms with Crippen molar-refractivity contribution in [3.05, 3.63) is 106 Å². The number of hydrogen-bond donors (Lipinski definition) is 1. The standard InChI is InChI=1S/C28H31N/c1-5-28(29,6-2)22-17-15-20(16-18-22)24-19-21-11-7-9-13-25(21)27(3,4)26-14-10-8-12-23(24)26/h7-19H,5-6,29H2,1-4H3. The summed E-state index contributed by atoms with van der Waals surface area (Å²) in [5.74, 6) is 0. The summed E-state index contributed by atoms with van der Waals surface area (Å²) in [6.07, 6.45) is 4.24. The maximum absolute atomic E-state index is 6.63. The van der Waals surface area contributed by atoms with Gasteiger partial charge < -0.3 is 5.73 Å². The Bertz CT molecular complexity index is 1050. The van der Waals surface area contributed by atoms with E-state index < -0.39 is 0 Å². The molecule has 0 bridgehead atoms. The Kier molecular flexibility index (Phi) is 4.96. The molecule has 0 saturated heterocycles. The minimum absolute atomic E-state index is 0.0534. The molecule has 1 aliphatic rings. The third-order valence-corrected chi connectivity index (χ3v) is 6.86. The van der Waals surface area contributed by atoms with Gasteiger partial charge in [-0.1, -0.05) is 100 Å². The molecule has 0 unspecified atom stereocenters. The van der Waals surface area contributed by atoms with Crippen LogP contribution in [0.4, 0.5) is 0 Å².